The largest absolute Gasteiger partial charge is 0.301 e. The lowest BCUT2D eigenvalue weighted by Gasteiger charge is -2.38. The summed E-state index contributed by atoms with van der Waals surface area (Å²) in [6.07, 6.45) is 8.47. The van der Waals surface area contributed by atoms with Crippen LogP contribution in [0.15, 0.2) is 0 Å². The zero-order valence-electron chi connectivity index (χ0n) is 11.3. The molecule has 1 rings (SSSR count). The molecule has 1 fully saturated rings. The first-order valence-corrected chi connectivity index (χ1v) is 7.62. The lowest BCUT2D eigenvalue weighted by atomic mass is 9.81. The second-order valence-electron chi connectivity index (χ2n) is 5.73. The molecule has 0 aromatic heterocycles. The van der Waals surface area contributed by atoms with Crippen molar-refractivity contribution in [1.29, 1.82) is 0 Å². The molecule has 2 heteroatoms. The van der Waals surface area contributed by atoms with Crippen LogP contribution in [0, 0.1) is 5.41 Å². The maximum absolute atomic E-state index is 4.65. The topological polar surface area (TPSA) is 3.24 Å². The Kier molecular flexibility index (Phi) is 6.20. The summed E-state index contributed by atoms with van der Waals surface area (Å²) in [6.45, 7) is 9.33. The van der Waals surface area contributed by atoms with Crippen molar-refractivity contribution < 1.29 is 0 Å². The zero-order valence-corrected chi connectivity index (χ0v) is 12.2. The molecule has 0 N–H and O–H groups in total. The Morgan fingerprint density at radius 1 is 1.12 bits per heavy atom. The SMILES string of the molecule is CCN(CC1(CS)CCCCCC1)C(C)C. The molecule has 0 saturated heterocycles. The van der Waals surface area contributed by atoms with Gasteiger partial charge in [-0.1, -0.05) is 32.6 Å². The highest BCUT2D eigenvalue weighted by atomic mass is 32.1. The van der Waals surface area contributed by atoms with Gasteiger partial charge in [0.25, 0.3) is 0 Å². The van der Waals surface area contributed by atoms with Crippen LogP contribution in [0.3, 0.4) is 0 Å². The summed E-state index contributed by atoms with van der Waals surface area (Å²) in [7, 11) is 0. The Hall–Kier alpha value is 0.310. The molecule has 1 saturated carbocycles. The molecule has 0 bridgehead atoms. The van der Waals surface area contributed by atoms with Gasteiger partial charge in [-0.25, -0.2) is 0 Å². The first kappa shape index (κ1) is 14.4. The maximum atomic E-state index is 4.65. The fourth-order valence-corrected chi connectivity index (χ4v) is 3.35. The average Bonchev–Trinajstić information content (AvgIpc) is 2.51. The van der Waals surface area contributed by atoms with E-state index in [-0.39, 0.29) is 0 Å². The summed E-state index contributed by atoms with van der Waals surface area (Å²) in [4.78, 5) is 2.61. The van der Waals surface area contributed by atoms with E-state index in [1.807, 2.05) is 0 Å². The molecule has 96 valence electrons. The molecule has 0 unspecified atom stereocenters. The van der Waals surface area contributed by atoms with Crippen LogP contribution < -0.4 is 0 Å². The van der Waals surface area contributed by atoms with Crippen LogP contribution >= 0.6 is 12.6 Å². The molecule has 0 aromatic rings. The van der Waals surface area contributed by atoms with Gasteiger partial charge in [0.15, 0.2) is 0 Å². The van der Waals surface area contributed by atoms with Crippen LogP contribution in [0.2, 0.25) is 0 Å². The third-order valence-corrected chi connectivity index (χ3v) is 4.85. The molecular weight excluding hydrogens is 214 g/mol. The first-order chi connectivity index (χ1) is 7.63. The normalized spacial score (nSPS) is 21.4. The van der Waals surface area contributed by atoms with E-state index in [4.69, 9.17) is 0 Å². The molecule has 0 spiro atoms. The van der Waals surface area contributed by atoms with Crippen LogP contribution in [0.5, 0.6) is 0 Å². The molecule has 0 aromatic carbocycles. The molecule has 0 heterocycles. The lowest BCUT2D eigenvalue weighted by molar-refractivity contribution is 0.128. The molecular formula is C14H29NS. The number of thiol groups is 1. The van der Waals surface area contributed by atoms with E-state index in [0.29, 0.717) is 11.5 Å². The summed E-state index contributed by atoms with van der Waals surface area (Å²) < 4.78 is 0. The predicted octanol–water partition coefficient (Wildman–Crippen LogP) is 3.99. The van der Waals surface area contributed by atoms with Crippen LogP contribution in [-0.4, -0.2) is 29.8 Å². The summed E-state index contributed by atoms with van der Waals surface area (Å²) in [5, 5.41) is 0. The van der Waals surface area contributed by atoms with Crippen molar-refractivity contribution in [3.05, 3.63) is 0 Å². The highest BCUT2D eigenvalue weighted by Crippen LogP contribution is 2.37. The van der Waals surface area contributed by atoms with Crippen molar-refractivity contribution in [2.75, 3.05) is 18.8 Å². The smallest absolute Gasteiger partial charge is 0.00484 e. The van der Waals surface area contributed by atoms with Crippen molar-refractivity contribution in [3.8, 4) is 0 Å². The lowest BCUT2D eigenvalue weighted by Crippen LogP contribution is -2.42. The zero-order chi connectivity index (χ0) is 12.0. The highest BCUT2D eigenvalue weighted by molar-refractivity contribution is 7.80. The third kappa shape index (κ3) is 3.96. The second kappa shape index (κ2) is 6.90. The Labute approximate surface area is 107 Å². The molecule has 1 aliphatic rings. The molecule has 1 aliphatic carbocycles. The van der Waals surface area contributed by atoms with E-state index in [2.05, 4.69) is 38.3 Å². The van der Waals surface area contributed by atoms with E-state index in [1.165, 1.54) is 51.6 Å². The predicted molar refractivity (Wildman–Crippen MR) is 76.4 cm³/mol. The van der Waals surface area contributed by atoms with E-state index in [1.54, 1.807) is 0 Å². The average molecular weight is 243 g/mol. The number of nitrogens with zero attached hydrogens (tertiary/aromatic N) is 1. The summed E-state index contributed by atoms with van der Waals surface area (Å²) >= 11 is 4.65. The van der Waals surface area contributed by atoms with Gasteiger partial charge in [0.2, 0.25) is 0 Å². The van der Waals surface area contributed by atoms with Crippen LogP contribution in [0.25, 0.3) is 0 Å². The van der Waals surface area contributed by atoms with E-state index < -0.39 is 0 Å². The Balaban J connectivity index is 2.62. The van der Waals surface area contributed by atoms with Gasteiger partial charge in [-0.15, -0.1) is 0 Å². The summed E-state index contributed by atoms with van der Waals surface area (Å²) in [5.41, 5.74) is 0.500. The number of hydrogen-bond acceptors (Lipinski definition) is 2. The first-order valence-electron chi connectivity index (χ1n) is 6.98. The van der Waals surface area contributed by atoms with Crippen molar-refractivity contribution in [2.45, 2.75) is 65.3 Å². The fraction of sp³-hybridized carbons (Fsp3) is 1.00. The molecule has 0 radical (unpaired) electrons. The van der Waals surface area contributed by atoms with Crippen molar-refractivity contribution in [2.24, 2.45) is 5.41 Å². The number of hydrogen-bond donors (Lipinski definition) is 1. The molecule has 0 atom stereocenters. The molecule has 1 nitrogen and oxygen atoms in total. The van der Waals surface area contributed by atoms with Crippen molar-refractivity contribution in [3.63, 3.8) is 0 Å². The molecule has 16 heavy (non-hydrogen) atoms. The molecule has 0 aliphatic heterocycles. The fourth-order valence-electron chi connectivity index (χ4n) is 2.94. The Bertz CT molecular complexity index is 183. The minimum atomic E-state index is 0.500. The van der Waals surface area contributed by atoms with Crippen LogP contribution in [-0.2, 0) is 0 Å². The Morgan fingerprint density at radius 2 is 1.69 bits per heavy atom. The Morgan fingerprint density at radius 3 is 2.06 bits per heavy atom. The van der Waals surface area contributed by atoms with E-state index >= 15 is 0 Å². The minimum absolute atomic E-state index is 0.500. The van der Waals surface area contributed by atoms with Gasteiger partial charge in [-0.05, 0) is 44.4 Å². The van der Waals surface area contributed by atoms with Gasteiger partial charge in [-0.2, -0.15) is 12.6 Å². The molecule has 0 amide bonds. The highest BCUT2D eigenvalue weighted by Gasteiger charge is 2.31. The maximum Gasteiger partial charge on any atom is 0.00484 e. The van der Waals surface area contributed by atoms with Gasteiger partial charge in [0, 0.05) is 12.6 Å². The van der Waals surface area contributed by atoms with Crippen LogP contribution in [0.1, 0.15) is 59.3 Å². The van der Waals surface area contributed by atoms with E-state index in [9.17, 15) is 0 Å². The van der Waals surface area contributed by atoms with Crippen molar-refractivity contribution in [1.82, 2.24) is 4.90 Å². The third-order valence-electron chi connectivity index (χ3n) is 4.17. The van der Waals surface area contributed by atoms with Gasteiger partial charge < -0.3 is 4.90 Å². The van der Waals surface area contributed by atoms with Crippen LogP contribution in [0.4, 0.5) is 0 Å². The number of rotatable bonds is 5. The standard InChI is InChI=1S/C14H29NS/c1-4-15(13(2)3)11-14(12-16)9-7-5-6-8-10-14/h13,16H,4-12H2,1-3H3. The summed E-state index contributed by atoms with van der Waals surface area (Å²) in [5.74, 6) is 1.07. The van der Waals surface area contributed by atoms with Gasteiger partial charge in [0.05, 0.1) is 0 Å². The summed E-state index contributed by atoms with van der Waals surface area (Å²) in [6, 6.07) is 0.671. The monoisotopic (exact) mass is 243 g/mol. The minimum Gasteiger partial charge on any atom is -0.301 e. The van der Waals surface area contributed by atoms with Crippen molar-refractivity contribution >= 4 is 12.6 Å². The quantitative estimate of drug-likeness (QED) is 0.564. The van der Waals surface area contributed by atoms with Gasteiger partial charge in [0.1, 0.15) is 0 Å². The van der Waals surface area contributed by atoms with Gasteiger partial charge >= 0.3 is 0 Å². The van der Waals surface area contributed by atoms with Gasteiger partial charge in [-0.3, -0.25) is 0 Å². The van der Waals surface area contributed by atoms with E-state index in [0.717, 1.165) is 5.75 Å². The second-order valence-corrected chi connectivity index (χ2v) is 6.05.